The standard InChI is InChI=1S/C13H16F2N2O4/c1-8(2-7-11(18)19)16-13(20)17-9-3-5-10(6-4-9)21-12(14)15/h3-6,8,12H,2,7H2,1H3,(H,18,19)(H2,16,17,20). The number of ether oxygens (including phenoxy) is 1. The number of carbonyl (C=O) groups is 2. The number of hydrogen-bond donors (Lipinski definition) is 3. The third-order valence-electron chi connectivity index (χ3n) is 2.51. The molecule has 21 heavy (non-hydrogen) atoms. The van der Waals surface area contributed by atoms with Crippen molar-refractivity contribution in [1.29, 1.82) is 0 Å². The molecule has 0 spiro atoms. The molecule has 1 rings (SSSR count). The van der Waals surface area contributed by atoms with Crippen LogP contribution in [0.3, 0.4) is 0 Å². The van der Waals surface area contributed by atoms with Crippen LogP contribution in [0.4, 0.5) is 19.3 Å². The van der Waals surface area contributed by atoms with Crippen molar-refractivity contribution in [1.82, 2.24) is 5.32 Å². The summed E-state index contributed by atoms with van der Waals surface area (Å²) in [6.45, 7) is -1.22. The van der Waals surface area contributed by atoms with Crippen molar-refractivity contribution in [3.05, 3.63) is 24.3 Å². The summed E-state index contributed by atoms with van der Waals surface area (Å²) in [7, 11) is 0. The lowest BCUT2D eigenvalue weighted by molar-refractivity contribution is -0.137. The highest BCUT2D eigenvalue weighted by atomic mass is 19.3. The van der Waals surface area contributed by atoms with Crippen LogP contribution < -0.4 is 15.4 Å². The van der Waals surface area contributed by atoms with E-state index in [0.717, 1.165) is 0 Å². The number of rotatable bonds is 7. The van der Waals surface area contributed by atoms with E-state index in [-0.39, 0.29) is 18.2 Å². The molecule has 0 saturated heterocycles. The number of anilines is 1. The zero-order valence-corrected chi connectivity index (χ0v) is 11.3. The Labute approximate surface area is 120 Å². The number of urea groups is 1. The van der Waals surface area contributed by atoms with Gasteiger partial charge in [-0.1, -0.05) is 0 Å². The highest BCUT2D eigenvalue weighted by Gasteiger charge is 2.09. The van der Waals surface area contributed by atoms with Gasteiger partial charge in [-0.15, -0.1) is 0 Å². The van der Waals surface area contributed by atoms with Gasteiger partial charge in [0.05, 0.1) is 0 Å². The molecule has 0 heterocycles. The molecular formula is C13H16F2N2O4. The summed E-state index contributed by atoms with van der Waals surface area (Å²) in [6, 6.07) is 4.63. The van der Waals surface area contributed by atoms with Crippen LogP contribution in [0.2, 0.25) is 0 Å². The number of aliphatic carboxylic acids is 1. The van der Waals surface area contributed by atoms with Crippen molar-refractivity contribution in [2.75, 3.05) is 5.32 Å². The quantitative estimate of drug-likeness (QED) is 0.722. The molecule has 0 bridgehead atoms. The van der Waals surface area contributed by atoms with E-state index in [2.05, 4.69) is 15.4 Å². The molecule has 0 aromatic heterocycles. The first-order valence-corrected chi connectivity index (χ1v) is 6.21. The molecule has 1 aromatic rings. The number of halogens is 2. The van der Waals surface area contributed by atoms with Gasteiger partial charge in [-0.2, -0.15) is 8.78 Å². The normalized spacial score (nSPS) is 11.8. The molecule has 0 saturated carbocycles. The molecular weight excluding hydrogens is 286 g/mol. The lowest BCUT2D eigenvalue weighted by atomic mass is 10.2. The Hall–Kier alpha value is -2.38. The first kappa shape index (κ1) is 16.7. The summed E-state index contributed by atoms with van der Waals surface area (Å²) in [4.78, 5) is 22.0. The first-order chi connectivity index (χ1) is 9.86. The number of benzene rings is 1. The number of hydrogen-bond acceptors (Lipinski definition) is 3. The molecule has 116 valence electrons. The number of amides is 2. The molecule has 0 radical (unpaired) electrons. The number of carboxylic acid groups (broad SMARTS) is 1. The Morgan fingerprint density at radius 1 is 1.29 bits per heavy atom. The molecule has 0 aliphatic carbocycles. The summed E-state index contributed by atoms with van der Waals surface area (Å²) in [6.07, 6.45) is 0.269. The van der Waals surface area contributed by atoms with Crippen molar-refractivity contribution >= 4 is 17.7 Å². The minimum atomic E-state index is -2.90. The Bertz CT molecular complexity index is 480. The topological polar surface area (TPSA) is 87.7 Å². The first-order valence-electron chi connectivity index (χ1n) is 6.21. The fourth-order valence-corrected chi connectivity index (χ4v) is 1.52. The van der Waals surface area contributed by atoms with Crippen molar-refractivity contribution in [3.8, 4) is 5.75 Å². The fourth-order valence-electron chi connectivity index (χ4n) is 1.52. The SMILES string of the molecule is CC(CCC(=O)O)NC(=O)Nc1ccc(OC(F)F)cc1. The van der Waals surface area contributed by atoms with Crippen LogP contribution in [0.5, 0.6) is 5.75 Å². The van der Waals surface area contributed by atoms with Crippen molar-refractivity contribution in [2.24, 2.45) is 0 Å². The average Bonchev–Trinajstić information content (AvgIpc) is 2.38. The summed E-state index contributed by atoms with van der Waals surface area (Å²) in [5.41, 5.74) is 0.402. The fraction of sp³-hybridized carbons (Fsp3) is 0.385. The Morgan fingerprint density at radius 2 is 1.90 bits per heavy atom. The maximum atomic E-state index is 12.0. The van der Waals surface area contributed by atoms with Crippen molar-refractivity contribution in [3.63, 3.8) is 0 Å². The highest BCUT2D eigenvalue weighted by Crippen LogP contribution is 2.17. The second kappa shape index (κ2) is 8.03. The smallest absolute Gasteiger partial charge is 0.387 e. The van der Waals surface area contributed by atoms with Gasteiger partial charge in [0.25, 0.3) is 0 Å². The van der Waals surface area contributed by atoms with Gasteiger partial charge in [0, 0.05) is 18.2 Å². The number of carboxylic acids is 1. The molecule has 1 unspecified atom stereocenters. The number of carbonyl (C=O) groups excluding carboxylic acids is 1. The van der Waals surface area contributed by atoms with Crippen LogP contribution in [0.15, 0.2) is 24.3 Å². The highest BCUT2D eigenvalue weighted by molar-refractivity contribution is 5.89. The van der Waals surface area contributed by atoms with Crippen LogP contribution in [0.25, 0.3) is 0 Å². The number of nitrogens with one attached hydrogen (secondary N) is 2. The van der Waals surface area contributed by atoms with Crippen LogP contribution in [0.1, 0.15) is 19.8 Å². The van der Waals surface area contributed by atoms with Gasteiger partial charge in [0.15, 0.2) is 0 Å². The van der Waals surface area contributed by atoms with Gasteiger partial charge < -0.3 is 20.5 Å². The predicted octanol–water partition coefficient (Wildman–Crippen LogP) is 2.66. The van der Waals surface area contributed by atoms with Gasteiger partial charge in [0.2, 0.25) is 0 Å². The molecule has 6 nitrogen and oxygen atoms in total. The molecule has 2 amide bonds. The summed E-state index contributed by atoms with van der Waals surface area (Å²) >= 11 is 0. The van der Waals surface area contributed by atoms with E-state index in [0.29, 0.717) is 12.1 Å². The maximum absolute atomic E-state index is 12.0. The van der Waals surface area contributed by atoms with Gasteiger partial charge in [-0.3, -0.25) is 4.79 Å². The van der Waals surface area contributed by atoms with Crippen molar-refractivity contribution in [2.45, 2.75) is 32.4 Å². The molecule has 3 N–H and O–H groups in total. The summed E-state index contributed by atoms with van der Waals surface area (Å²) < 4.78 is 28.1. The lowest BCUT2D eigenvalue weighted by Gasteiger charge is -2.14. The summed E-state index contributed by atoms with van der Waals surface area (Å²) in [5, 5.41) is 13.6. The van der Waals surface area contributed by atoms with E-state index in [4.69, 9.17) is 5.11 Å². The third-order valence-corrected chi connectivity index (χ3v) is 2.51. The minimum Gasteiger partial charge on any atom is -0.481 e. The molecule has 0 aliphatic rings. The van der Waals surface area contributed by atoms with E-state index in [1.54, 1.807) is 6.92 Å². The molecule has 0 aliphatic heterocycles. The Kier molecular flexibility index (Phi) is 6.38. The van der Waals surface area contributed by atoms with E-state index in [1.165, 1.54) is 24.3 Å². The van der Waals surface area contributed by atoms with Gasteiger partial charge >= 0.3 is 18.6 Å². The zero-order chi connectivity index (χ0) is 15.8. The largest absolute Gasteiger partial charge is 0.481 e. The molecule has 1 atom stereocenters. The van der Waals surface area contributed by atoms with E-state index in [1.807, 2.05) is 0 Å². The third kappa shape index (κ3) is 7.09. The van der Waals surface area contributed by atoms with Gasteiger partial charge in [-0.05, 0) is 37.6 Å². The van der Waals surface area contributed by atoms with Crippen LogP contribution in [0, 0.1) is 0 Å². The average molecular weight is 302 g/mol. The van der Waals surface area contributed by atoms with E-state index < -0.39 is 18.6 Å². The molecule has 1 aromatic carbocycles. The van der Waals surface area contributed by atoms with E-state index in [9.17, 15) is 18.4 Å². The second-order valence-electron chi connectivity index (χ2n) is 4.33. The molecule has 0 fully saturated rings. The lowest BCUT2D eigenvalue weighted by Crippen LogP contribution is -2.36. The number of alkyl halides is 2. The van der Waals surface area contributed by atoms with Crippen LogP contribution >= 0.6 is 0 Å². The Morgan fingerprint density at radius 3 is 2.43 bits per heavy atom. The van der Waals surface area contributed by atoms with Gasteiger partial charge in [-0.25, -0.2) is 4.79 Å². The Balaban J connectivity index is 2.42. The second-order valence-corrected chi connectivity index (χ2v) is 4.33. The van der Waals surface area contributed by atoms with E-state index >= 15 is 0 Å². The minimum absolute atomic E-state index is 0.00853. The van der Waals surface area contributed by atoms with Crippen molar-refractivity contribution < 1.29 is 28.2 Å². The predicted molar refractivity (Wildman–Crippen MR) is 71.6 cm³/mol. The monoisotopic (exact) mass is 302 g/mol. The van der Waals surface area contributed by atoms with Crippen LogP contribution in [-0.2, 0) is 4.79 Å². The van der Waals surface area contributed by atoms with Crippen LogP contribution in [-0.4, -0.2) is 29.8 Å². The molecule has 8 heteroatoms. The summed E-state index contributed by atoms with van der Waals surface area (Å²) in [5.74, 6) is -0.940. The maximum Gasteiger partial charge on any atom is 0.387 e. The zero-order valence-electron chi connectivity index (χ0n) is 11.3. The van der Waals surface area contributed by atoms with Gasteiger partial charge in [0.1, 0.15) is 5.75 Å².